The van der Waals surface area contributed by atoms with Crippen LogP contribution in [0.3, 0.4) is 0 Å². The molecule has 0 heterocycles. The fourth-order valence-corrected chi connectivity index (χ4v) is 1.46. The fraction of sp³-hybridized carbons (Fsp3) is 0.333. The van der Waals surface area contributed by atoms with Crippen LogP contribution in [0.2, 0.25) is 5.02 Å². The minimum atomic E-state index is -0.570. The Morgan fingerprint density at radius 1 is 1.25 bits per heavy atom. The van der Waals surface area contributed by atoms with Gasteiger partial charge in [-0.15, -0.1) is 0 Å². The molecule has 0 unspecified atom stereocenters. The van der Waals surface area contributed by atoms with Crippen LogP contribution in [0.5, 0.6) is 0 Å². The Labute approximate surface area is 99.6 Å². The molecular formula is C12H14ClNO2. The summed E-state index contributed by atoms with van der Waals surface area (Å²) >= 11 is 5.93. The van der Waals surface area contributed by atoms with Crippen LogP contribution in [0.4, 0.5) is 0 Å². The topological polar surface area (TPSA) is 60.2 Å². The van der Waals surface area contributed by atoms with Crippen LogP contribution in [0.25, 0.3) is 0 Å². The minimum absolute atomic E-state index is 0.111. The smallest absolute Gasteiger partial charge is 0.248 e. The van der Waals surface area contributed by atoms with Gasteiger partial charge in [0.15, 0.2) is 5.78 Å². The van der Waals surface area contributed by atoms with E-state index in [1.165, 1.54) is 18.2 Å². The van der Waals surface area contributed by atoms with Crippen molar-refractivity contribution in [1.82, 2.24) is 0 Å². The lowest BCUT2D eigenvalue weighted by Gasteiger charge is -2.17. The van der Waals surface area contributed by atoms with Crippen molar-refractivity contribution < 1.29 is 9.59 Å². The summed E-state index contributed by atoms with van der Waals surface area (Å²) in [5.74, 6) is -0.680. The summed E-state index contributed by atoms with van der Waals surface area (Å²) in [6.45, 7) is 5.38. The molecule has 0 saturated heterocycles. The molecule has 86 valence electrons. The van der Waals surface area contributed by atoms with E-state index >= 15 is 0 Å². The largest absolute Gasteiger partial charge is 0.366 e. The lowest BCUT2D eigenvalue weighted by molar-refractivity contribution is 0.0858. The quantitative estimate of drug-likeness (QED) is 0.807. The van der Waals surface area contributed by atoms with Gasteiger partial charge in [0.1, 0.15) is 0 Å². The molecule has 1 aromatic carbocycles. The second kappa shape index (κ2) is 4.26. The third-order valence-corrected chi connectivity index (χ3v) is 2.51. The van der Waals surface area contributed by atoms with Crippen molar-refractivity contribution in [3.63, 3.8) is 0 Å². The number of amides is 1. The summed E-state index contributed by atoms with van der Waals surface area (Å²) in [7, 11) is 0. The van der Waals surface area contributed by atoms with E-state index in [0.717, 1.165) is 0 Å². The van der Waals surface area contributed by atoms with Crippen molar-refractivity contribution in [3.05, 3.63) is 34.3 Å². The van der Waals surface area contributed by atoms with E-state index in [4.69, 9.17) is 17.3 Å². The average Bonchev–Trinajstić information content (AvgIpc) is 2.15. The molecule has 0 aliphatic carbocycles. The number of primary amides is 1. The van der Waals surface area contributed by atoms with E-state index in [0.29, 0.717) is 10.6 Å². The first-order valence-corrected chi connectivity index (χ1v) is 5.25. The number of nitrogens with two attached hydrogens (primary N) is 1. The number of carbonyl (C=O) groups is 2. The van der Waals surface area contributed by atoms with Crippen molar-refractivity contribution in [3.8, 4) is 0 Å². The highest BCUT2D eigenvalue weighted by Crippen LogP contribution is 2.26. The molecule has 1 amide bonds. The summed E-state index contributed by atoms with van der Waals surface area (Å²) in [5.41, 5.74) is 5.23. The summed E-state index contributed by atoms with van der Waals surface area (Å²) in [5, 5.41) is 0.338. The van der Waals surface area contributed by atoms with Gasteiger partial charge in [0.25, 0.3) is 0 Å². The molecule has 2 N–H and O–H groups in total. The van der Waals surface area contributed by atoms with Gasteiger partial charge >= 0.3 is 0 Å². The Morgan fingerprint density at radius 2 is 1.81 bits per heavy atom. The third kappa shape index (κ3) is 2.61. The van der Waals surface area contributed by atoms with Crippen molar-refractivity contribution in [1.29, 1.82) is 0 Å². The van der Waals surface area contributed by atoms with Gasteiger partial charge in [-0.3, -0.25) is 9.59 Å². The van der Waals surface area contributed by atoms with Crippen LogP contribution >= 0.6 is 11.6 Å². The van der Waals surface area contributed by atoms with E-state index in [2.05, 4.69) is 0 Å². The molecule has 1 rings (SSSR count). The second-order valence-electron chi connectivity index (χ2n) is 4.64. The van der Waals surface area contributed by atoms with Crippen LogP contribution in [0.1, 0.15) is 41.5 Å². The Hall–Kier alpha value is -1.35. The van der Waals surface area contributed by atoms with Crippen LogP contribution in [0, 0.1) is 5.41 Å². The predicted molar refractivity (Wildman–Crippen MR) is 63.8 cm³/mol. The number of ketones is 1. The van der Waals surface area contributed by atoms with Gasteiger partial charge in [0.05, 0.1) is 5.02 Å². The first-order chi connectivity index (χ1) is 7.23. The molecule has 1 aromatic rings. The van der Waals surface area contributed by atoms with Gasteiger partial charge in [0, 0.05) is 16.5 Å². The molecule has 0 aromatic heterocycles. The molecule has 0 spiro atoms. The molecule has 3 nitrogen and oxygen atoms in total. The number of carbonyl (C=O) groups excluding carboxylic acids is 2. The van der Waals surface area contributed by atoms with Crippen LogP contribution in [0.15, 0.2) is 18.2 Å². The van der Waals surface area contributed by atoms with Gasteiger partial charge in [-0.2, -0.15) is 0 Å². The highest BCUT2D eigenvalue weighted by Gasteiger charge is 2.25. The van der Waals surface area contributed by atoms with Crippen LogP contribution in [-0.2, 0) is 0 Å². The fourth-order valence-electron chi connectivity index (χ4n) is 1.26. The maximum Gasteiger partial charge on any atom is 0.248 e. The highest BCUT2D eigenvalue weighted by atomic mass is 35.5. The first kappa shape index (κ1) is 12.7. The van der Waals surface area contributed by atoms with Gasteiger partial charge in [0.2, 0.25) is 5.91 Å². The average molecular weight is 240 g/mol. The van der Waals surface area contributed by atoms with Crippen molar-refractivity contribution in [2.45, 2.75) is 20.8 Å². The maximum absolute atomic E-state index is 12.0. The van der Waals surface area contributed by atoms with E-state index < -0.39 is 11.3 Å². The maximum atomic E-state index is 12.0. The molecule has 4 heteroatoms. The lowest BCUT2D eigenvalue weighted by atomic mass is 9.86. The first-order valence-electron chi connectivity index (χ1n) is 4.87. The third-order valence-electron chi connectivity index (χ3n) is 2.18. The standard InChI is InChI=1S/C12H14ClNO2/c1-12(2,3)10(15)8-6-7(11(14)16)4-5-9(8)13/h4-6H,1-3H3,(H2,14,16). The normalized spacial score (nSPS) is 11.2. The number of hydrogen-bond donors (Lipinski definition) is 1. The second-order valence-corrected chi connectivity index (χ2v) is 5.05. The van der Waals surface area contributed by atoms with Gasteiger partial charge in [-0.05, 0) is 18.2 Å². The predicted octanol–water partition coefficient (Wildman–Crippen LogP) is 2.67. The van der Waals surface area contributed by atoms with Crippen molar-refractivity contribution >= 4 is 23.3 Å². The minimum Gasteiger partial charge on any atom is -0.366 e. The zero-order valence-corrected chi connectivity index (χ0v) is 10.3. The summed E-state index contributed by atoms with van der Waals surface area (Å²) in [4.78, 5) is 23.0. The molecule has 0 radical (unpaired) electrons. The Kier molecular flexibility index (Phi) is 3.38. The van der Waals surface area contributed by atoms with Gasteiger partial charge < -0.3 is 5.73 Å². The van der Waals surface area contributed by atoms with Crippen LogP contribution < -0.4 is 5.73 Å². The molecule has 0 fully saturated rings. The number of halogens is 1. The number of Topliss-reactive ketones (excluding diaryl/α,β-unsaturated/α-hetero) is 1. The zero-order valence-electron chi connectivity index (χ0n) is 9.50. The SMILES string of the molecule is CC(C)(C)C(=O)c1cc(C(N)=O)ccc1Cl. The van der Waals surface area contributed by atoms with Crippen molar-refractivity contribution in [2.75, 3.05) is 0 Å². The Balaban J connectivity index is 3.28. The van der Waals surface area contributed by atoms with Crippen molar-refractivity contribution in [2.24, 2.45) is 11.1 Å². The number of rotatable bonds is 2. The Bertz CT molecular complexity index is 447. The summed E-state index contributed by atoms with van der Waals surface area (Å²) < 4.78 is 0. The Morgan fingerprint density at radius 3 is 2.25 bits per heavy atom. The zero-order chi connectivity index (χ0) is 12.5. The number of benzene rings is 1. The monoisotopic (exact) mass is 239 g/mol. The molecule has 0 atom stereocenters. The molecule has 0 bridgehead atoms. The highest BCUT2D eigenvalue weighted by molar-refractivity contribution is 6.34. The molecular weight excluding hydrogens is 226 g/mol. The summed E-state index contributed by atoms with van der Waals surface area (Å²) in [6, 6.07) is 4.46. The van der Waals surface area contributed by atoms with E-state index in [-0.39, 0.29) is 11.3 Å². The van der Waals surface area contributed by atoms with Crippen LogP contribution in [-0.4, -0.2) is 11.7 Å². The summed E-state index contributed by atoms with van der Waals surface area (Å²) in [6.07, 6.45) is 0. The van der Waals surface area contributed by atoms with Gasteiger partial charge in [-0.1, -0.05) is 32.4 Å². The molecule has 0 aliphatic rings. The molecule has 16 heavy (non-hydrogen) atoms. The van der Waals surface area contributed by atoms with E-state index in [9.17, 15) is 9.59 Å². The molecule has 0 aliphatic heterocycles. The van der Waals surface area contributed by atoms with E-state index in [1.807, 2.05) is 0 Å². The lowest BCUT2D eigenvalue weighted by Crippen LogP contribution is -2.21. The molecule has 0 saturated carbocycles. The van der Waals surface area contributed by atoms with E-state index in [1.54, 1.807) is 20.8 Å². The number of hydrogen-bond acceptors (Lipinski definition) is 2. The van der Waals surface area contributed by atoms with Gasteiger partial charge in [-0.25, -0.2) is 0 Å².